The molecule has 1 heterocycles. The van der Waals surface area contributed by atoms with Crippen LogP contribution in [0.5, 0.6) is 5.75 Å². The van der Waals surface area contributed by atoms with Crippen LogP contribution in [0.3, 0.4) is 0 Å². The number of carbonyl (C=O) groups excluding carboxylic acids is 1. The van der Waals surface area contributed by atoms with Gasteiger partial charge in [0.2, 0.25) is 5.91 Å². The number of amides is 1. The number of benzene rings is 1. The molecule has 1 aromatic carbocycles. The Morgan fingerprint density at radius 3 is 2.71 bits per heavy atom. The molecule has 1 aromatic rings. The Kier molecular flexibility index (Phi) is 6.89. The van der Waals surface area contributed by atoms with Crippen molar-refractivity contribution in [2.24, 2.45) is 0 Å². The molecule has 0 bridgehead atoms. The zero-order valence-corrected chi connectivity index (χ0v) is 13.3. The van der Waals surface area contributed by atoms with Crippen LogP contribution in [0.4, 0.5) is 0 Å². The van der Waals surface area contributed by atoms with E-state index >= 15 is 0 Å². The molecule has 1 aliphatic rings. The zero-order chi connectivity index (χ0) is 14.9. The van der Waals surface area contributed by atoms with E-state index in [0.717, 1.165) is 49.7 Å². The molecule has 2 rings (SSSR count). The van der Waals surface area contributed by atoms with Gasteiger partial charge in [-0.2, -0.15) is 11.8 Å². The summed E-state index contributed by atoms with van der Waals surface area (Å²) in [7, 11) is 1.64. The summed E-state index contributed by atoms with van der Waals surface area (Å²) in [5.41, 5.74) is 1.00. The van der Waals surface area contributed by atoms with Crippen molar-refractivity contribution < 1.29 is 14.3 Å². The fourth-order valence-corrected chi connectivity index (χ4v) is 3.33. The lowest BCUT2D eigenvalue weighted by Crippen LogP contribution is -2.28. The van der Waals surface area contributed by atoms with Gasteiger partial charge < -0.3 is 14.8 Å². The highest BCUT2D eigenvalue weighted by Gasteiger charge is 2.13. The highest BCUT2D eigenvalue weighted by Crippen LogP contribution is 2.21. The monoisotopic (exact) mass is 309 g/mol. The van der Waals surface area contributed by atoms with Crippen molar-refractivity contribution >= 4 is 17.7 Å². The van der Waals surface area contributed by atoms with E-state index in [1.807, 2.05) is 36.0 Å². The molecule has 116 valence electrons. The molecule has 5 heteroatoms. The van der Waals surface area contributed by atoms with Crippen molar-refractivity contribution in [2.45, 2.75) is 24.5 Å². The maximum absolute atomic E-state index is 11.8. The van der Waals surface area contributed by atoms with Crippen LogP contribution >= 0.6 is 11.8 Å². The summed E-state index contributed by atoms with van der Waals surface area (Å²) in [5, 5.41) is 3.67. The maximum Gasteiger partial charge on any atom is 0.224 e. The van der Waals surface area contributed by atoms with Crippen molar-refractivity contribution in [3.05, 3.63) is 29.8 Å². The fourth-order valence-electron chi connectivity index (χ4n) is 2.25. The van der Waals surface area contributed by atoms with E-state index in [9.17, 15) is 4.79 Å². The molecule has 1 aliphatic heterocycles. The Balaban J connectivity index is 1.60. The van der Waals surface area contributed by atoms with Gasteiger partial charge in [0.15, 0.2) is 0 Å². The molecule has 0 spiro atoms. The number of ether oxygens (including phenoxy) is 2. The van der Waals surface area contributed by atoms with Crippen molar-refractivity contribution in [1.29, 1.82) is 0 Å². The Morgan fingerprint density at radius 1 is 1.33 bits per heavy atom. The third-order valence-corrected chi connectivity index (χ3v) is 4.85. The third-order valence-electron chi connectivity index (χ3n) is 3.47. The van der Waals surface area contributed by atoms with Gasteiger partial charge in [0.05, 0.1) is 13.5 Å². The van der Waals surface area contributed by atoms with Gasteiger partial charge in [0.1, 0.15) is 5.75 Å². The molecule has 21 heavy (non-hydrogen) atoms. The van der Waals surface area contributed by atoms with Crippen molar-refractivity contribution in [2.75, 3.05) is 32.6 Å². The number of thioether (sulfide) groups is 1. The van der Waals surface area contributed by atoms with Gasteiger partial charge in [-0.15, -0.1) is 0 Å². The molecule has 0 aromatic heterocycles. The van der Waals surface area contributed by atoms with Gasteiger partial charge in [0.25, 0.3) is 0 Å². The average Bonchev–Trinajstić information content (AvgIpc) is 2.53. The smallest absolute Gasteiger partial charge is 0.224 e. The summed E-state index contributed by atoms with van der Waals surface area (Å²) >= 11 is 1.94. The number of rotatable bonds is 7. The highest BCUT2D eigenvalue weighted by molar-refractivity contribution is 7.99. The molecule has 4 nitrogen and oxygen atoms in total. The molecule has 0 atom stereocenters. The predicted octanol–water partition coefficient (Wildman–Crippen LogP) is 2.27. The van der Waals surface area contributed by atoms with Gasteiger partial charge in [0, 0.05) is 30.8 Å². The molecule has 1 amide bonds. The van der Waals surface area contributed by atoms with Gasteiger partial charge in [-0.1, -0.05) is 12.1 Å². The Labute approximate surface area is 130 Å². The number of hydrogen-bond donors (Lipinski definition) is 1. The normalized spacial score (nSPS) is 15.7. The molecule has 1 fully saturated rings. The number of carbonyl (C=O) groups is 1. The summed E-state index contributed by atoms with van der Waals surface area (Å²) in [6.45, 7) is 2.49. The van der Waals surface area contributed by atoms with Gasteiger partial charge in [-0.3, -0.25) is 4.79 Å². The standard InChI is InChI=1S/C16H23NO3S/c1-19-14-4-2-13(3-5-14)12-16(18)17-8-11-21-15-6-9-20-10-7-15/h2-5,15H,6-12H2,1H3,(H,17,18). The average molecular weight is 309 g/mol. The molecule has 0 aliphatic carbocycles. The minimum absolute atomic E-state index is 0.0766. The first-order valence-corrected chi connectivity index (χ1v) is 8.42. The lowest BCUT2D eigenvalue weighted by molar-refractivity contribution is -0.120. The van der Waals surface area contributed by atoms with Crippen molar-refractivity contribution in [1.82, 2.24) is 5.32 Å². The molecule has 0 radical (unpaired) electrons. The van der Waals surface area contributed by atoms with Gasteiger partial charge >= 0.3 is 0 Å². The fraction of sp³-hybridized carbons (Fsp3) is 0.562. The minimum atomic E-state index is 0.0766. The van der Waals surface area contributed by atoms with Crippen LogP contribution in [0.25, 0.3) is 0 Å². The summed E-state index contributed by atoms with van der Waals surface area (Å²) in [5.74, 6) is 1.86. The summed E-state index contributed by atoms with van der Waals surface area (Å²) in [6, 6.07) is 7.61. The van der Waals surface area contributed by atoms with Crippen LogP contribution in [0, 0.1) is 0 Å². The summed E-state index contributed by atoms with van der Waals surface area (Å²) in [4.78, 5) is 11.8. The topological polar surface area (TPSA) is 47.6 Å². The van der Waals surface area contributed by atoms with Crippen LogP contribution in [0.1, 0.15) is 18.4 Å². The first-order valence-electron chi connectivity index (χ1n) is 7.37. The minimum Gasteiger partial charge on any atom is -0.497 e. The van der Waals surface area contributed by atoms with Crippen LogP contribution in [-0.4, -0.2) is 43.8 Å². The van der Waals surface area contributed by atoms with E-state index in [4.69, 9.17) is 9.47 Å². The van der Waals surface area contributed by atoms with Crippen LogP contribution in [-0.2, 0) is 16.0 Å². The van der Waals surface area contributed by atoms with E-state index in [-0.39, 0.29) is 5.91 Å². The molecular formula is C16H23NO3S. The first-order chi connectivity index (χ1) is 10.3. The van der Waals surface area contributed by atoms with Gasteiger partial charge in [-0.25, -0.2) is 0 Å². The largest absolute Gasteiger partial charge is 0.497 e. The van der Waals surface area contributed by atoms with E-state index in [0.29, 0.717) is 11.7 Å². The molecule has 0 saturated carbocycles. The Morgan fingerprint density at radius 2 is 2.05 bits per heavy atom. The van der Waals surface area contributed by atoms with Crippen LogP contribution in [0.2, 0.25) is 0 Å². The van der Waals surface area contributed by atoms with Crippen molar-refractivity contribution in [3.8, 4) is 5.75 Å². The van der Waals surface area contributed by atoms with Gasteiger partial charge in [-0.05, 0) is 30.5 Å². The van der Waals surface area contributed by atoms with E-state index < -0.39 is 0 Å². The number of methoxy groups -OCH3 is 1. The Hall–Kier alpha value is -1.20. The SMILES string of the molecule is COc1ccc(CC(=O)NCCSC2CCOCC2)cc1. The maximum atomic E-state index is 11.8. The van der Waals surface area contributed by atoms with Crippen molar-refractivity contribution in [3.63, 3.8) is 0 Å². The highest BCUT2D eigenvalue weighted by atomic mass is 32.2. The molecule has 1 saturated heterocycles. The Bertz CT molecular complexity index is 430. The third kappa shape index (κ3) is 5.98. The van der Waals surface area contributed by atoms with E-state index in [1.165, 1.54) is 0 Å². The lowest BCUT2D eigenvalue weighted by atomic mass is 10.1. The second kappa shape index (κ2) is 8.95. The van der Waals surface area contributed by atoms with E-state index in [1.54, 1.807) is 7.11 Å². The second-order valence-electron chi connectivity index (χ2n) is 5.06. The summed E-state index contributed by atoms with van der Waals surface area (Å²) < 4.78 is 10.4. The second-order valence-corrected chi connectivity index (χ2v) is 6.47. The summed E-state index contributed by atoms with van der Waals surface area (Å²) in [6.07, 6.45) is 2.68. The quantitative estimate of drug-likeness (QED) is 0.785. The molecular weight excluding hydrogens is 286 g/mol. The lowest BCUT2D eigenvalue weighted by Gasteiger charge is -2.21. The number of nitrogens with one attached hydrogen (secondary N) is 1. The zero-order valence-electron chi connectivity index (χ0n) is 12.5. The molecule has 1 N–H and O–H groups in total. The molecule has 0 unspecified atom stereocenters. The number of hydrogen-bond acceptors (Lipinski definition) is 4. The van der Waals surface area contributed by atoms with Crippen LogP contribution in [0.15, 0.2) is 24.3 Å². The van der Waals surface area contributed by atoms with E-state index in [2.05, 4.69) is 5.32 Å². The van der Waals surface area contributed by atoms with Crippen LogP contribution < -0.4 is 10.1 Å². The predicted molar refractivity (Wildman–Crippen MR) is 86.0 cm³/mol. The first kappa shape index (κ1) is 16.2.